The quantitative estimate of drug-likeness (QED) is 0.737. The number of thioether (sulfide) groups is 1. The predicted molar refractivity (Wildman–Crippen MR) is 78.9 cm³/mol. The molecule has 2 N–H and O–H groups in total. The molecule has 1 aromatic heterocycles. The second-order valence-electron chi connectivity index (χ2n) is 4.16. The largest absolute Gasteiger partial charge is 0.395 e. The normalized spacial score (nSPS) is 14.5. The molecule has 106 valence electrons. The average molecular weight is 283 g/mol. The van der Waals surface area contributed by atoms with E-state index < -0.39 is 0 Å². The Balaban J connectivity index is 2.55. The molecule has 19 heavy (non-hydrogen) atoms. The van der Waals surface area contributed by atoms with Gasteiger partial charge in [0.25, 0.3) is 0 Å². The summed E-state index contributed by atoms with van der Waals surface area (Å²) in [5.74, 6) is -0.163. The number of aryl methyl sites for hydroxylation is 1. The molecular weight excluding hydrogens is 262 g/mol. The van der Waals surface area contributed by atoms with E-state index in [9.17, 15) is 4.79 Å². The molecule has 1 rings (SSSR count). The van der Waals surface area contributed by atoms with Crippen molar-refractivity contribution in [3.63, 3.8) is 0 Å². The highest BCUT2D eigenvalue weighted by Crippen LogP contribution is 2.10. The molecule has 0 aromatic carbocycles. The number of carbonyl (C=O) groups is 1. The third-order valence-corrected chi connectivity index (χ3v) is 4.03. The fourth-order valence-electron chi connectivity index (χ4n) is 1.71. The van der Waals surface area contributed by atoms with Crippen LogP contribution in [0.1, 0.15) is 19.5 Å². The first-order chi connectivity index (χ1) is 9.12. The van der Waals surface area contributed by atoms with Crippen LogP contribution < -0.4 is 5.32 Å². The van der Waals surface area contributed by atoms with E-state index in [0.717, 1.165) is 12.2 Å². The van der Waals surface area contributed by atoms with Crippen molar-refractivity contribution in [2.45, 2.75) is 31.7 Å². The highest BCUT2D eigenvalue weighted by Gasteiger charge is 2.16. The SMILES string of the molecule is CCn1nccc1/C=C/C(=O)NC(C)C(CO)SC. The zero-order valence-corrected chi connectivity index (χ0v) is 12.4. The van der Waals surface area contributed by atoms with Crippen molar-refractivity contribution in [1.82, 2.24) is 15.1 Å². The molecule has 0 fully saturated rings. The van der Waals surface area contributed by atoms with Crippen LogP contribution in [0, 0.1) is 0 Å². The summed E-state index contributed by atoms with van der Waals surface area (Å²) < 4.78 is 1.81. The van der Waals surface area contributed by atoms with Gasteiger partial charge in [0, 0.05) is 30.1 Å². The van der Waals surface area contributed by atoms with E-state index in [-0.39, 0.29) is 23.8 Å². The summed E-state index contributed by atoms with van der Waals surface area (Å²) >= 11 is 1.54. The van der Waals surface area contributed by atoms with Crippen molar-refractivity contribution in [2.24, 2.45) is 0 Å². The van der Waals surface area contributed by atoms with Crippen molar-refractivity contribution < 1.29 is 9.90 Å². The number of nitrogens with one attached hydrogen (secondary N) is 1. The van der Waals surface area contributed by atoms with Gasteiger partial charge in [0.1, 0.15) is 0 Å². The number of nitrogens with zero attached hydrogens (tertiary/aromatic N) is 2. The Kier molecular flexibility index (Phi) is 6.66. The number of hydrogen-bond acceptors (Lipinski definition) is 4. The van der Waals surface area contributed by atoms with Crippen molar-refractivity contribution in [1.29, 1.82) is 0 Å². The van der Waals surface area contributed by atoms with Gasteiger partial charge in [-0.2, -0.15) is 16.9 Å². The zero-order valence-electron chi connectivity index (χ0n) is 11.5. The van der Waals surface area contributed by atoms with Gasteiger partial charge in [-0.15, -0.1) is 0 Å². The number of aliphatic hydroxyl groups is 1. The first kappa shape index (κ1) is 15.8. The highest BCUT2D eigenvalue weighted by atomic mass is 32.2. The van der Waals surface area contributed by atoms with Crippen LogP contribution >= 0.6 is 11.8 Å². The van der Waals surface area contributed by atoms with Gasteiger partial charge in [0.2, 0.25) is 5.91 Å². The average Bonchev–Trinajstić information content (AvgIpc) is 2.85. The summed E-state index contributed by atoms with van der Waals surface area (Å²) in [6.45, 7) is 4.70. The maximum Gasteiger partial charge on any atom is 0.244 e. The van der Waals surface area contributed by atoms with E-state index in [4.69, 9.17) is 5.11 Å². The van der Waals surface area contributed by atoms with Gasteiger partial charge in [-0.3, -0.25) is 9.48 Å². The van der Waals surface area contributed by atoms with Crippen LogP contribution in [0.25, 0.3) is 6.08 Å². The molecule has 0 bridgehead atoms. The van der Waals surface area contributed by atoms with Crippen molar-refractivity contribution >= 4 is 23.7 Å². The molecule has 0 spiro atoms. The lowest BCUT2D eigenvalue weighted by Gasteiger charge is -2.20. The molecule has 2 atom stereocenters. The molecule has 2 unspecified atom stereocenters. The van der Waals surface area contributed by atoms with Crippen molar-refractivity contribution in [3.8, 4) is 0 Å². The lowest BCUT2D eigenvalue weighted by molar-refractivity contribution is -0.117. The van der Waals surface area contributed by atoms with Crippen LogP contribution in [-0.4, -0.2) is 44.9 Å². The lowest BCUT2D eigenvalue weighted by Crippen LogP contribution is -2.40. The topological polar surface area (TPSA) is 67.2 Å². The summed E-state index contributed by atoms with van der Waals surface area (Å²) in [7, 11) is 0. The number of carbonyl (C=O) groups excluding carboxylic acids is 1. The van der Waals surface area contributed by atoms with E-state index in [1.165, 1.54) is 17.8 Å². The molecule has 1 amide bonds. The lowest BCUT2D eigenvalue weighted by atomic mass is 10.2. The Hall–Kier alpha value is -1.27. The monoisotopic (exact) mass is 283 g/mol. The van der Waals surface area contributed by atoms with Crippen molar-refractivity contribution in [3.05, 3.63) is 24.0 Å². The van der Waals surface area contributed by atoms with Gasteiger partial charge in [0.15, 0.2) is 0 Å². The first-order valence-electron chi connectivity index (χ1n) is 6.26. The van der Waals surface area contributed by atoms with E-state index in [2.05, 4.69) is 10.4 Å². The minimum Gasteiger partial charge on any atom is -0.395 e. The minimum atomic E-state index is -0.163. The van der Waals surface area contributed by atoms with E-state index in [1.54, 1.807) is 12.3 Å². The number of amides is 1. The molecule has 1 heterocycles. The Morgan fingerprint density at radius 1 is 1.68 bits per heavy atom. The zero-order chi connectivity index (χ0) is 14.3. The van der Waals surface area contributed by atoms with Gasteiger partial charge in [0.05, 0.1) is 12.3 Å². The standard InChI is InChI=1S/C13H21N3O2S/c1-4-16-11(7-8-14-16)5-6-13(18)15-10(2)12(9-17)19-3/h5-8,10,12,17H,4,9H2,1-3H3,(H,15,18)/b6-5+. The molecule has 6 heteroatoms. The summed E-state index contributed by atoms with van der Waals surface area (Å²) in [6, 6.07) is 1.78. The number of hydrogen-bond donors (Lipinski definition) is 2. The Labute approximate surface area is 118 Å². The fraction of sp³-hybridized carbons (Fsp3) is 0.538. The summed E-state index contributed by atoms with van der Waals surface area (Å²) in [4.78, 5) is 11.8. The van der Waals surface area contributed by atoms with E-state index in [1.807, 2.05) is 30.9 Å². The van der Waals surface area contributed by atoms with Gasteiger partial charge in [-0.05, 0) is 32.2 Å². The van der Waals surface area contributed by atoms with Crippen LogP contribution in [0.2, 0.25) is 0 Å². The second-order valence-corrected chi connectivity index (χ2v) is 5.24. The van der Waals surface area contributed by atoms with Gasteiger partial charge >= 0.3 is 0 Å². The Bertz CT molecular complexity index is 427. The summed E-state index contributed by atoms with van der Waals surface area (Å²) in [6.07, 6.45) is 6.86. The molecule has 0 aliphatic heterocycles. The third kappa shape index (κ3) is 4.72. The minimum absolute atomic E-state index is 0.0125. The van der Waals surface area contributed by atoms with Crippen LogP contribution in [-0.2, 0) is 11.3 Å². The molecule has 0 aliphatic rings. The van der Waals surface area contributed by atoms with Crippen molar-refractivity contribution in [2.75, 3.05) is 12.9 Å². The number of aromatic nitrogens is 2. The van der Waals surface area contributed by atoms with Crippen LogP contribution in [0.4, 0.5) is 0 Å². The molecule has 0 radical (unpaired) electrons. The van der Waals surface area contributed by atoms with Gasteiger partial charge in [-0.25, -0.2) is 0 Å². The maximum atomic E-state index is 11.8. The Morgan fingerprint density at radius 2 is 2.42 bits per heavy atom. The third-order valence-electron chi connectivity index (χ3n) is 2.86. The smallest absolute Gasteiger partial charge is 0.244 e. The molecule has 0 aliphatic carbocycles. The molecule has 1 aromatic rings. The first-order valence-corrected chi connectivity index (χ1v) is 7.55. The maximum absolute atomic E-state index is 11.8. The fourth-order valence-corrected chi connectivity index (χ4v) is 2.34. The number of aliphatic hydroxyl groups excluding tert-OH is 1. The molecule has 0 saturated carbocycles. The molecular formula is C13H21N3O2S. The van der Waals surface area contributed by atoms with Crippen LogP contribution in [0.5, 0.6) is 0 Å². The van der Waals surface area contributed by atoms with E-state index in [0.29, 0.717) is 0 Å². The van der Waals surface area contributed by atoms with E-state index >= 15 is 0 Å². The summed E-state index contributed by atoms with van der Waals surface area (Å²) in [5, 5.41) is 16.1. The van der Waals surface area contributed by atoms with Gasteiger partial charge in [-0.1, -0.05) is 0 Å². The number of rotatable bonds is 7. The van der Waals surface area contributed by atoms with Gasteiger partial charge < -0.3 is 10.4 Å². The Morgan fingerprint density at radius 3 is 3.00 bits per heavy atom. The summed E-state index contributed by atoms with van der Waals surface area (Å²) in [5.41, 5.74) is 0.897. The molecule has 0 saturated heterocycles. The van der Waals surface area contributed by atoms with Crippen LogP contribution in [0.3, 0.4) is 0 Å². The van der Waals surface area contributed by atoms with Crippen LogP contribution in [0.15, 0.2) is 18.3 Å². The predicted octanol–water partition coefficient (Wildman–Crippen LogP) is 1.14. The molecule has 5 nitrogen and oxygen atoms in total. The highest BCUT2D eigenvalue weighted by molar-refractivity contribution is 7.99. The second kappa shape index (κ2) is 8.01.